The molecule has 0 aliphatic heterocycles. The average Bonchev–Trinajstić information content (AvgIpc) is 3.62. The number of oxazole rings is 2. The molecule has 5 aromatic rings. The van der Waals surface area contributed by atoms with Crippen molar-refractivity contribution in [3.8, 4) is 22.9 Å². The van der Waals surface area contributed by atoms with Crippen LogP contribution in [0.3, 0.4) is 0 Å². The number of halogens is 6. The Balaban J connectivity index is 1.14. The van der Waals surface area contributed by atoms with Gasteiger partial charge in [-0.3, -0.25) is 0 Å². The van der Waals surface area contributed by atoms with Crippen LogP contribution in [0.25, 0.3) is 22.9 Å². The van der Waals surface area contributed by atoms with Crippen molar-refractivity contribution < 1.29 is 54.6 Å². The van der Waals surface area contributed by atoms with Crippen LogP contribution in [-0.2, 0) is 41.5 Å². The van der Waals surface area contributed by atoms with E-state index >= 15 is 0 Å². The second kappa shape index (κ2) is 14.9. The van der Waals surface area contributed by atoms with Crippen LogP contribution in [0.5, 0.6) is 0 Å². The second-order valence-electron chi connectivity index (χ2n) is 11.5. The van der Waals surface area contributed by atoms with E-state index in [0.717, 1.165) is 24.3 Å². The summed E-state index contributed by atoms with van der Waals surface area (Å²) in [5.74, 6) is -0.228. The van der Waals surface area contributed by atoms with Gasteiger partial charge in [-0.25, -0.2) is 14.8 Å². The molecule has 14 heteroatoms. The minimum absolute atomic E-state index is 0.0220. The molecule has 5 rings (SSSR count). The Morgan fingerprint density at radius 2 is 1.22 bits per heavy atom. The molecule has 2 aromatic heterocycles. The number of ether oxygens (including phenoxy) is 2. The molecule has 0 aliphatic carbocycles. The Morgan fingerprint density at radius 3 is 1.76 bits per heavy atom. The van der Waals surface area contributed by atoms with Gasteiger partial charge in [0.1, 0.15) is 17.2 Å². The Kier molecular flexibility index (Phi) is 10.8. The maximum atomic E-state index is 13.2. The maximum Gasteiger partial charge on any atom is 0.416 e. The molecule has 0 fully saturated rings. The third-order valence-electron chi connectivity index (χ3n) is 7.97. The molecule has 2 heterocycles. The van der Waals surface area contributed by atoms with Crippen molar-refractivity contribution in [3.63, 3.8) is 0 Å². The van der Waals surface area contributed by atoms with E-state index < -0.39 is 29.4 Å². The van der Waals surface area contributed by atoms with Crippen molar-refractivity contribution in [2.24, 2.45) is 0 Å². The molecule has 0 radical (unpaired) electrons. The minimum atomic E-state index is -4.52. The van der Waals surface area contributed by atoms with E-state index in [2.05, 4.69) is 9.97 Å². The van der Waals surface area contributed by atoms with E-state index in [-0.39, 0.29) is 61.3 Å². The normalized spacial score (nSPS) is 12.1. The lowest BCUT2D eigenvalue weighted by Gasteiger charge is -2.14. The topological polar surface area (TPSA) is 108 Å². The van der Waals surface area contributed by atoms with Gasteiger partial charge in [0, 0.05) is 30.8 Å². The summed E-state index contributed by atoms with van der Waals surface area (Å²) in [7, 11) is 0. The fraction of sp³-hybridized carbons (Fsp3) is 0.306. The Labute approximate surface area is 282 Å². The molecule has 0 saturated heterocycles. The SMILES string of the molecule is Cc1oc(-c2cccc(C(F)(F)F)c2)nc1COCCCOCc1ccc(Cc2nc(-c3cccc(C(F)(F)F)c3)oc2C)c(C)c1C(=O)O. The van der Waals surface area contributed by atoms with Gasteiger partial charge in [-0.1, -0.05) is 24.3 Å². The third kappa shape index (κ3) is 8.61. The lowest BCUT2D eigenvalue weighted by atomic mass is 9.94. The predicted octanol–water partition coefficient (Wildman–Crippen LogP) is 9.37. The van der Waals surface area contributed by atoms with E-state index in [1.165, 1.54) is 24.3 Å². The number of aromatic carboxylic acids is 1. The van der Waals surface area contributed by atoms with Crippen molar-refractivity contribution in [1.29, 1.82) is 0 Å². The zero-order chi connectivity index (χ0) is 36.2. The van der Waals surface area contributed by atoms with Crippen molar-refractivity contribution in [2.45, 2.75) is 59.2 Å². The first-order valence-electron chi connectivity index (χ1n) is 15.4. The summed E-state index contributed by atoms with van der Waals surface area (Å²) in [6.45, 7) is 5.58. The minimum Gasteiger partial charge on any atom is -0.478 e. The molecule has 0 saturated carbocycles. The number of hydrogen-bond donors (Lipinski definition) is 1. The number of aromatic nitrogens is 2. The van der Waals surface area contributed by atoms with Gasteiger partial charge in [0.15, 0.2) is 0 Å². The predicted molar refractivity (Wildman–Crippen MR) is 168 cm³/mol. The Hall–Kier alpha value is -4.95. The zero-order valence-electron chi connectivity index (χ0n) is 27.2. The number of aryl methyl sites for hydroxylation is 2. The molecule has 0 spiro atoms. The Morgan fingerprint density at radius 1 is 0.720 bits per heavy atom. The van der Waals surface area contributed by atoms with Gasteiger partial charge in [-0.05, 0) is 80.3 Å². The molecule has 0 unspecified atom stereocenters. The van der Waals surface area contributed by atoms with Crippen LogP contribution in [0.1, 0.15) is 67.5 Å². The highest BCUT2D eigenvalue weighted by atomic mass is 19.4. The van der Waals surface area contributed by atoms with Crippen LogP contribution < -0.4 is 0 Å². The van der Waals surface area contributed by atoms with Gasteiger partial charge in [0.2, 0.25) is 11.8 Å². The summed E-state index contributed by atoms with van der Waals surface area (Å²) in [6.07, 6.45) is -8.34. The van der Waals surface area contributed by atoms with Gasteiger partial charge in [0.25, 0.3) is 0 Å². The zero-order valence-corrected chi connectivity index (χ0v) is 27.2. The molecular weight excluding hydrogens is 670 g/mol. The van der Waals surface area contributed by atoms with Gasteiger partial charge in [-0.15, -0.1) is 0 Å². The largest absolute Gasteiger partial charge is 0.478 e. The standard InChI is InChI=1S/C36H32F6N2O6/c1-20-23(17-29-21(2)49-32(43-29)24-7-4-9-27(15-24)35(37,38)39)11-12-26(31(20)34(45)46)18-47-13-6-14-48-19-30-22(3)50-33(44-30)25-8-5-10-28(16-25)36(40,41)42/h4-5,7-12,15-16H,6,13-14,17-19H2,1-3H3,(H,45,46). The third-order valence-corrected chi connectivity index (χ3v) is 7.97. The number of carboxylic acids is 1. The molecule has 50 heavy (non-hydrogen) atoms. The van der Waals surface area contributed by atoms with E-state index in [0.29, 0.717) is 46.0 Å². The summed E-state index contributed by atoms with van der Waals surface area (Å²) in [5.41, 5.74) is 1.35. The van der Waals surface area contributed by atoms with Crippen LogP contribution in [0.15, 0.2) is 69.5 Å². The van der Waals surface area contributed by atoms with Gasteiger partial charge < -0.3 is 23.4 Å². The first-order chi connectivity index (χ1) is 23.6. The van der Waals surface area contributed by atoms with Crippen LogP contribution in [0.4, 0.5) is 26.3 Å². The number of benzene rings is 3. The molecule has 0 atom stereocenters. The fourth-order valence-corrected chi connectivity index (χ4v) is 5.27. The molecule has 3 aromatic carbocycles. The monoisotopic (exact) mass is 702 g/mol. The summed E-state index contributed by atoms with van der Waals surface area (Å²) in [4.78, 5) is 20.9. The first kappa shape index (κ1) is 36.3. The molecular formula is C36H32F6N2O6. The molecule has 0 bridgehead atoms. The molecule has 1 N–H and O–H groups in total. The lowest BCUT2D eigenvalue weighted by Crippen LogP contribution is -2.10. The Bertz CT molecular complexity index is 1980. The molecule has 264 valence electrons. The second-order valence-corrected chi connectivity index (χ2v) is 11.5. The molecule has 0 amide bonds. The smallest absolute Gasteiger partial charge is 0.416 e. The van der Waals surface area contributed by atoms with Crippen LogP contribution >= 0.6 is 0 Å². The summed E-state index contributed by atoms with van der Waals surface area (Å²) in [6, 6.07) is 12.8. The van der Waals surface area contributed by atoms with E-state index in [1.807, 2.05) is 0 Å². The number of nitrogens with zero attached hydrogens (tertiary/aromatic N) is 2. The number of carbonyl (C=O) groups is 1. The number of hydrogen-bond acceptors (Lipinski definition) is 7. The van der Waals surface area contributed by atoms with Crippen LogP contribution in [0.2, 0.25) is 0 Å². The lowest BCUT2D eigenvalue weighted by molar-refractivity contribution is -0.138. The number of rotatable bonds is 13. The highest BCUT2D eigenvalue weighted by Crippen LogP contribution is 2.34. The summed E-state index contributed by atoms with van der Waals surface area (Å²) >= 11 is 0. The van der Waals surface area contributed by atoms with Crippen molar-refractivity contribution in [1.82, 2.24) is 9.97 Å². The van der Waals surface area contributed by atoms with E-state index in [4.69, 9.17) is 18.3 Å². The van der Waals surface area contributed by atoms with Gasteiger partial charge in [0.05, 0.1) is 35.6 Å². The highest BCUT2D eigenvalue weighted by Gasteiger charge is 2.32. The maximum absolute atomic E-state index is 13.2. The van der Waals surface area contributed by atoms with Gasteiger partial charge >= 0.3 is 18.3 Å². The summed E-state index contributed by atoms with van der Waals surface area (Å²) in [5, 5.41) is 10.00. The van der Waals surface area contributed by atoms with Crippen molar-refractivity contribution in [2.75, 3.05) is 13.2 Å². The van der Waals surface area contributed by atoms with E-state index in [9.17, 15) is 36.2 Å². The van der Waals surface area contributed by atoms with E-state index in [1.54, 1.807) is 32.9 Å². The van der Waals surface area contributed by atoms with Crippen LogP contribution in [-0.4, -0.2) is 34.3 Å². The summed E-state index contributed by atoms with van der Waals surface area (Å²) < 4.78 is 101. The van der Waals surface area contributed by atoms with Crippen molar-refractivity contribution >= 4 is 5.97 Å². The first-order valence-corrected chi connectivity index (χ1v) is 15.4. The highest BCUT2D eigenvalue weighted by molar-refractivity contribution is 5.91. The molecule has 8 nitrogen and oxygen atoms in total. The quantitative estimate of drug-likeness (QED) is 0.0956. The molecule has 0 aliphatic rings. The average molecular weight is 703 g/mol. The number of carboxylic acid groups (broad SMARTS) is 1. The van der Waals surface area contributed by atoms with Crippen molar-refractivity contribution in [3.05, 3.63) is 117 Å². The number of alkyl halides is 6. The van der Waals surface area contributed by atoms with Crippen LogP contribution in [0, 0.1) is 20.8 Å². The fourth-order valence-electron chi connectivity index (χ4n) is 5.27. The van der Waals surface area contributed by atoms with Gasteiger partial charge in [-0.2, -0.15) is 26.3 Å².